The molecule has 0 fully saturated rings. The van der Waals surface area contributed by atoms with Gasteiger partial charge >= 0.3 is 0 Å². The van der Waals surface area contributed by atoms with Crippen molar-refractivity contribution < 1.29 is 9.50 Å². The molecule has 16 heavy (non-hydrogen) atoms. The van der Waals surface area contributed by atoms with E-state index >= 15 is 0 Å². The lowest BCUT2D eigenvalue weighted by molar-refractivity contribution is 0.143. The molecule has 0 heterocycles. The van der Waals surface area contributed by atoms with Gasteiger partial charge in [0.1, 0.15) is 5.82 Å². The smallest absolute Gasteiger partial charge is 0.129 e. The van der Waals surface area contributed by atoms with Crippen LogP contribution in [0.4, 0.5) is 4.39 Å². The summed E-state index contributed by atoms with van der Waals surface area (Å²) in [6.07, 6.45) is 0.782. The van der Waals surface area contributed by atoms with Gasteiger partial charge in [0, 0.05) is 5.56 Å². The minimum Gasteiger partial charge on any atom is -0.388 e. The molecule has 0 aliphatic heterocycles. The standard InChI is InChI=1S/C14H21FO/c1-10-5-6-12(15)11(9-10)13(16)7-8-14(2,3)4/h5-6,9,13,16H,7-8H2,1-4H3. The summed E-state index contributed by atoms with van der Waals surface area (Å²) >= 11 is 0. The fourth-order valence-corrected chi connectivity index (χ4v) is 1.64. The van der Waals surface area contributed by atoms with Gasteiger partial charge in [0.15, 0.2) is 0 Å². The molecule has 1 N–H and O–H groups in total. The zero-order chi connectivity index (χ0) is 12.3. The summed E-state index contributed by atoms with van der Waals surface area (Å²) in [5.41, 5.74) is 1.57. The summed E-state index contributed by atoms with van der Waals surface area (Å²) in [5.74, 6) is -0.313. The van der Waals surface area contributed by atoms with E-state index in [1.54, 1.807) is 12.1 Å². The second-order valence-electron chi connectivity index (χ2n) is 5.64. The highest BCUT2D eigenvalue weighted by Crippen LogP contribution is 2.28. The Morgan fingerprint density at radius 2 is 1.94 bits per heavy atom. The summed E-state index contributed by atoms with van der Waals surface area (Å²) in [6, 6.07) is 4.86. The van der Waals surface area contributed by atoms with E-state index in [4.69, 9.17) is 0 Å². The Morgan fingerprint density at radius 1 is 1.31 bits per heavy atom. The molecule has 0 saturated heterocycles. The predicted octanol–water partition coefficient (Wildman–Crippen LogP) is 3.99. The molecule has 0 spiro atoms. The van der Waals surface area contributed by atoms with Gasteiger partial charge in [0.2, 0.25) is 0 Å². The molecule has 1 aromatic carbocycles. The van der Waals surface area contributed by atoms with E-state index in [-0.39, 0.29) is 11.2 Å². The summed E-state index contributed by atoms with van der Waals surface area (Å²) in [5, 5.41) is 9.95. The molecule has 1 atom stereocenters. The fraction of sp³-hybridized carbons (Fsp3) is 0.571. The average Bonchev–Trinajstić information content (AvgIpc) is 2.17. The van der Waals surface area contributed by atoms with E-state index < -0.39 is 6.10 Å². The van der Waals surface area contributed by atoms with Gasteiger partial charge < -0.3 is 5.11 Å². The third kappa shape index (κ3) is 3.93. The lowest BCUT2D eigenvalue weighted by Gasteiger charge is -2.20. The Labute approximate surface area is 97.3 Å². The number of hydrogen-bond acceptors (Lipinski definition) is 1. The molecule has 0 aromatic heterocycles. The van der Waals surface area contributed by atoms with Crippen LogP contribution in [0.2, 0.25) is 0 Å². The Bertz CT molecular complexity index is 352. The van der Waals surface area contributed by atoms with E-state index in [0.717, 1.165) is 12.0 Å². The van der Waals surface area contributed by atoms with Crippen LogP contribution in [0.3, 0.4) is 0 Å². The lowest BCUT2D eigenvalue weighted by atomic mass is 9.88. The number of hydrogen-bond donors (Lipinski definition) is 1. The first-order valence-electron chi connectivity index (χ1n) is 5.74. The predicted molar refractivity (Wildman–Crippen MR) is 64.8 cm³/mol. The van der Waals surface area contributed by atoms with Gasteiger partial charge in [-0.15, -0.1) is 0 Å². The molecule has 0 amide bonds. The zero-order valence-corrected chi connectivity index (χ0v) is 10.5. The van der Waals surface area contributed by atoms with E-state index in [1.807, 2.05) is 6.92 Å². The van der Waals surface area contributed by atoms with Gasteiger partial charge in [-0.2, -0.15) is 0 Å². The molecule has 90 valence electrons. The van der Waals surface area contributed by atoms with E-state index in [1.165, 1.54) is 6.07 Å². The first kappa shape index (κ1) is 13.2. The Kier molecular flexibility index (Phi) is 4.09. The highest BCUT2D eigenvalue weighted by atomic mass is 19.1. The van der Waals surface area contributed by atoms with Crippen molar-refractivity contribution in [3.8, 4) is 0 Å². The van der Waals surface area contributed by atoms with Gasteiger partial charge in [-0.05, 0) is 31.2 Å². The van der Waals surface area contributed by atoms with Crippen LogP contribution in [-0.4, -0.2) is 5.11 Å². The number of halogens is 1. The van der Waals surface area contributed by atoms with Crippen LogP contribution < -0.4 is 0 Å². The highest BCUT2D eigenvalue weighted by Gasteiger charge is 2.17. The van der Waals surface area contributed by atoms with Crippen LogP contribution >= 0.6 is 0 Å². The molecular weight excluding hydrogens is 203 g/mol. The van der Waals surface area contributed by atoms with Gasteiger partial charge in [-0.3, -0.25) is 0 Å². The molecule has 0 radical (unpaired) electrons. The summed E-state index contributed by atoms with van der Waals surface area (Å²) in [7, 11) is 0. The van der Waals surface area contributed by atoms with Crippen molar-refractivity contribution in [1.82, 2.24) is 0 Å². The summed E-state index contributed by atoms with van der Waals surface area (Å²) < 4.78 is 13.5. The molecule has 0 bridgehead atoms. The Balaban J connectivity index is 2.73. The maximum atomic E-state index is 13.5. The fourth-order valence-electron chi connectivity index (χ4n) is 1.64. The second-order valence-corrected chi connectivity index (χ2v) is 5.64. The van der Waals surface area contributed by atoms with Gasteiger partial charge in [0.05, 0.1) is 6.10 Å². The van der Waals surface area contributed by atoms with Crippen LogP contribution in [0.15, 0.2) is 18.2 Å². The van der Waals surface area contributed by atoms with Crippen molar-refractivity contribution in [1.29, 1.82) is 0 Å². The van der Waals surface area contributed by atoms with Gasteiger partial charge in [-0.25, -0.2) is 4.39 Å². The average molecular weight is 224 g/mol. The Morgan fingerprint density at radius 3 is 2.50 bits per heavy atom. The second kappa shape index (κ2) is 4.96. The highest BCUT2D eigenvalue weighted by molar-refractivity contribution is 5.25. The minimum atomic E-state index is -0.695. The largest absolute Gasteiger partial charge is 0.388 e. The third-order valence-electron chi connectivity index (χ3n) is 2.68. The molecule has 2 heteroatoms. The van der Waals surface area contributed by atoms with Crippen LogP contribution in [0, 0.1) is 18.2 Å². The molecule has 1 rings (SSSR count). The van der Waals surface area contributed by atoms with Crippen molar-refractivity contribution in [2.45, 2.75) is 46.6 Å². The van der Waals surface area contributed by atoms with Crippen LogP contribution in [0.25, 0.3) is 0 Å². The normalized spacial score (nSPS) is 13.9. The van der Waals surface area contributed by atoms with Crippen LogP contribution in [-0.2, 0) is 0 Å². The minimum absolute atomic E-state index is 0.168. The summed E-state index contributed by atoms with van der Waals surface area (Å²) in [6.45, 7) is 8.25. The first-order chi connectivity index (χ1) is 7.29. The monoisotopic (exact) mass is 224 g/mol. The van der Waals surface area contributed by atoms with Crippen molar-refractivity contribution >= 4 is 0 Å². The van der Waals surface area contributed by atoms with Crippen molar-refractivity contribution in [3.05, 3.63) is 35.1 Å². The molecule has 0 saturated carbocycles. The number of benzene rings is 1. The van der Waals surface area contributed by atoms with Crippen LogP contribution in [0.5, 0.6) is 0 Å². The van der Waals surface area contributed by atoms with Crippen molar-refractivity contribution in [2.24, 2.45) is 5.41 Å². The summed E-state index contributed by atoms with van der Waals surface area (Å²) in [4.78, 5) is 0. The van der Waals surface area contributed by atoms with E-state index in [0.29, 0.717) is 12.0 Å². The lowest BCUT2D eigenvalue weighted by Crippen LogP contribution is -2.09. The van der Waals surface area contributed by atoms with Crippen LogP contribution in [0.1, 0.15) is 50.8 Å². The van der Waals surface area contributed by atoms with Gasteiger partial charge in [-0.1, -0.05) is 38.5 Å². The molecule has 0 aliphatic rings. The number of rotatable bonds is 3. The zero-order valence-electron chi connectivity index (χ0n) is 10.5. The third-order valence-corrected chi connectivity index (χ3v) is 2.68. The number of aryl methyl sites for hydroxylation is 1. The number of aliphatic hydroxyl groups is 1. The molecular formula is C14H21FO. The Hall–Kier alpha value is -0.890. The van der Waals surface area contributed by atoms with E-state index in [9.17, 15) is 9.50 Å². The topological polar surface area (TPSA) is 20.2 Å². The maximum Gasteiger partial charge on any atom is 0.129 e. The van der Waals surface area contributed by atoms with E-state index in [2.05, 4.69) is 20.8 Å². The van der Waals surface area contributed by atoms with Crippen molar-refractivity contribution in [2.75, 3.05) is 0 Å². The molecule has 0 aliphatic carbocycles. The first-order valence-corrected chi connectivity index (χ1v) is 5.74. The quantitative estimate of drug-likeness (QED) is 0.823. The molecule has 1 unspecified atom stereocenters. The molecule has 1 aromatic rings. The maximum absolute atomic E-state index is 13.5. The van der Waals surface area contributed by atoms with Crippen molar-refractivity contribution in [3.63, 3.8) is 0 Å². The SMILES string of the molecule is Cc1ccc(F)c(C(O)CCC(C)(C)C)c1. The molecule has 1 nitrogen and oxygen atoms in total. The number of aliphatic hydroxyl groups excluding tert-OH is 1. The van der Waals surface area contributed by atoms with Gasteiger partial charge in [0.25, 0.3) is 0 Å².